The molecule has 0 unspecified atom stereocenters. The van der Waals surface area contributed by atoms with Crippen LogP contribution in [0.2, 0.25) is 0 Å². The second kappa shape index (κ2) is 5.70. The third kappa shape index (κ3) is 3.22. The second-order valence-electron chi connectivity index (χ2n) is 4.13. The van der Waals surface area contributed by atoms with E-state index in [2.05, 4.69) is 15.4 Å². The Kier molecular flexibility index (Phi) is 4.00. The minimum absolute atomic E-state index is 0.199. The Hall–Kier alpha value is -2.09. The van der Waals surface area contributed by atoms with E-state index in [0.717, 1.165) is 5.13 Å². The number of nitrogens with two attached hydrogens (primary N) is 1. The third-order valence-electron chi connectivity index (χ3n) is 2.42. The highest BCUT2D eigenvalue weighted by molar-refractivity contribution is 7.18. The van der Waals surface area contributed by atoms with Crippen LogP contribution in [0.1, 0.15) is 9.67 Å². The molecule has 3 N–H and O–H groups in total. The first kappa shape index (κ1) is 13.3. The first-order valence-electron chi connectivity index (χ1n) is 5.77. The van der Waals surface area contributed by atoms with Crippen LogP contribution in [-0.2, 0) is 6.54 Å². The number of carbonyl (C=O) groups excluding carboxylic acids is 1. The molecule has 0 radical (unpaired) electrons. The third-order valence-corrected chi connectivity index (χ3v) is 3.65. The van der Waals surface area contributed by atoms with Gasteiger partial charge in [0, 0.05) is 33.0 Å². The predicted octanol–water partition coefficient (Wildman–Crippen LogP) is 0.418. The minimum atomic E-state index is -0.199. The highest BCUT2D eigenvalue weighted by Crippen LogP contribution is 2.26. The molecular weight excluding hydrogens is 264 g/mol. The van der Waals surface area contributed by atoms with Crippen LogP contribution in [0.5, 0.6) is 0 Å². The molecule has 0 saturated heterocycles. The summed E-state index contributed by atoms with van der Waals surface area (Å²) in [6, 6.07) is 1.84. The molecule has 0 aliphatic rings. The molecule has 0 aliphatic carbocycles. The van der Waals surface area contributed by atoms with Gasteiger partial charge in [0.25, 0.3) is 5.91 Å². The molecule has 2 heterocycles. The predicted molar refractivity (Wildman–Crippen MR) is 75.4 cm³/mol. The zero-order chi connectivity index (χ0) is 13.8. The number of amides is 1. The van der Waals surface area contributed by atoms with Gasteiger partial charge in [-0.2, -0.15) is 5.10 Å². The number of nitrogens with zero attached hydrogens (tertiary/aromatic N) is 4. The Labute approximate surface area is 115 Å². The fraction of sp³-hybridized carbons (Fsp3) is 0.364. The van der Waals surface area contributed by atoms with Crippen LogP contribution in [0.15, 0.2) is 18.5 Å². The lowest BCUT2D eigenvalue weighted by Gasteiger charge is -2.05. The number of nitrogen functional groups attached to an aromatic ring is 1. The monoisotopic (exact) mass is 280 g/mol. The first-order chi connectivity index (χ1) is 9.08. The molecule has 2 aromatic rings. The molecule has 0 atom stereocenters. The molecule has 0 aromatic carbocycles. The minimum Gasteiger partial charge on any atom is -0.382 e. The normalized spacial score (nSPS) is 10.4. The van der Waals surface area contributed by atoms with E-state index in [4.69, 9.17) is 5.73 Å². The van der Waals surface area contributed by atoms with Crippen molar-refractivity contribution in [1.82, 2.24) is 20.1 Å². The number of nitrogens with one attached hydrogen (secondary N) is 1. The highest BCUT2D eigenvalue weighted by Gasteiger charge is 2.16. The van der Waals surface area contributed by atoms with Crippen LogP contribution >= 0.6 is 11.3 Å². The molecule has 0 fully saturated rings. The van der Waals surface area contributed by atoms with Gasteiger partial charge < -0.3 is 16.0 Å². The van der Waals surface area contributed by atoms with E-state index in [0.29, 0.717) is 18.0 Å². The molecule has 2 rings (SSSR count). The summed E-state index contributed by atoms with van der Waals surface area (Å²) in [4.78, 5) is 18.4. The number of hydrogen-bond acceptors (Lipinski definition) is 6. The molecule has 7 nitrogen and oxygen atoms in total. The number of thiazole rings is 1. The van der Waals surface area contributed by atoms with Crippen molar-refractivity contribution in [3.05, 3.63) is 23.3 Å². The fourth-order valence-corrected chi connectivity index (χ4v) is 2.30. The summed E-state index contributed by atoms with van der Waals surface area (Å²) in [6.07, 6.45) is 3.55. The van der Waals surface area contributed by atoms with Gasteiger partial charge in [0.15, 0.2) is 5.13 Å². The SMILES string of the molecule is CN(C)c1nc(N)c(C(=O)NCCn2cccn2)s1. The maximum Gasteiger partial charge on any atom is 0.265 e. The van der Waals surface area contributed by atoms with E-state index in [1.165, 1.54) is 11.3 Å². The molecule has 19 heavy (non-hydrogen) atoms. The van der Waals surface area contributed by atoms with E-state index < -0.39 is 0 Å². The van der Waals surface area contributed by atoms with Crippen LogP contribution in [0.4, 0.5) is 10.9 Å². The summed E-state index contributed by atoms with van der Waals surface area (Å²) in [5, 5.41) is 7.57. The quantitative estimate of drug-likeness (QED) is 0.828. The maximum absolute atomic E-state index is 12.0. The van der Waals surface area contributed by atoms with Crippen molar-refractivity contribution in [2.24, 2.45) is 0 Å². The van der Waals surface area contributed by atoms with E-state index >= 15 is 0 Å². The number of aromatic nitrogens is 3. The Morgan fingerprint density at radius 1 is 1.58 bits per heavy atom. The van der Waals surface area contributed by atoms with Crippen LogP contribution in [0, 0.1) is 0 Å². The van der Waals surface area contributed by atoms with Crippen LogP contribution < -0.4 is 16.0 Å². The summed E-state index contributed by atoms with van der Waals surface area (Å²) in [5.74, 6) is 0.0699. The summed E-state index contributed by atoms with van der Waals surface area (Å²) in [5.41, 5.74) is 5.74. The van der Waals surface area contributed by atoms with Crippen molar-refractivity contribution in [1.29, 1.82) is 0 Å². The Morgan fingerprint density at radius 3 is 2.95 bits per heavy atom. The summed E-state index contributed by atoms with van der Waals surface area (Å²) >= 11 is 1.28. The van der Waals surface area contributed by atoms with Crippen LogP contribution in [0.25, 0.3) is 0 Å². The molecule has 2 aromatic heterocycles. The fourth-order valence-electron chi connectivity index (χ4n) is 1.47. The van der Waals surface area contributed by atoms with Crippen LogP contribution in [-0.4, -0.2) is 41.3 Å². The van der Waals surface area contributed by atoms with Gasteiger partial charge in [0.2, 0.25) is 0 Å². The van der Waals surface area contributed by atoms with Crippen molar-refractivity contribution in [3.8, 4) is 0 Å². The molecule has 102 valence electrons. The van der Waals surface area contributed by atoms with Gasteiger partial charge in [-0.25, -0.2) is 4.98 Å². The average Bonchev–Trinajstić information content (AvgIpc) is 2.98. The molecular formula is C11H16N6OS. The van der Waals surface area contributed by atoms with Gasteiger partial charge >= 0.3 is 0 Å². The summed E-state index contributed by atoms with van der Waals surface area (Å²) in [7, 11) is 3.72. The first-order valence-corrected chi connectivity index (χ1v) is 6.59. The van der Waals surface area contributed by atoms with Gasteiger partial charge in [-0.05, 0) is 6.07 Å². The van der Waals surface area contributed by atoms with Crippen molar-refractivity contribution >= 4 is 28.2 Å². The standard InChI is InChI=1S/C11H16N6OS/c1-16(2)11-15-9(12)8(19-11)10(18)13-5-7-17-6-3-4-14-17/h3-4,6H,5,7,12H2,1-2H3,(H,13,18). The Bertz CT molecular complexity index is 548. The number of anilines is 2. The van der Waals surface area contributed by atoms with Crippen molar-refractivity contribution in [2.45, 2.75) is 6.54 Å². The Balaban J connectivity index is 1.92. The number of hydrogen-bond donors (Lipinski definition) is 2. The zero-order valence-corrected chi connectivity index (χ0v) is 11.6. The smallest absolute Gasteiger partial charge is 0.265 e. The average molecular weight is 280 g/mol. The lowest BCUT2D eigenvalue weighted by molar-refractivity contribution is 0.0956. The maximum atomic E-state index is 12.0. The number of carbonyl (C=O) groups is 1. The molecule has 0 bridgehead atoms. The van der Waals surface area contributed by atoms with Gasteiger partial charge in [-0.15, -0.1) is 0 Å². The van der Waals surface area contributed by atoms with E-state index in [9.17, 15) is 4.79 Å². The lowest BCUT2D eigenvalue weighted by Crippen LogP contribution is -2.27. The number of rotatable bonds is 5. The topological polar surface area (TPSA) is 89.1 Å². The van der Waals surface area contributed by atoms with Gasteiger partial charge in [-0.1, -0.05) is 11.3 Å². The Morgan fingerprint density at radius 2 is 2.37 bits per heavy atom. The van der Waals surface area contributed by atoms with Gasteiger partial charge in [-0.3, -0.25) is 9.48 Å². The van der Waals surface area contributed by atoms with E-state index in [1.54, 1.807) is 10.9 Å². The van der Waals surface area contributed by atoms with Gasteiger partial charge in [0.05, 0.1) is 6.54 Å². The molecule has 1 amide bonds. The molecule has 0 aliphatic heterocycles. The van der Waals surface area contributed by atoms with E-state index in [-0.39, 0.29) is 11.7 Å². The van der Waals surface area contributed by atoms with E-state index in [1.807, 2.05) is 31.3 Å². The zero-order valence-electron chi connectivity index (χ0n) is 10.8. The van der Waals surface area contributed by atoms with Gasteiger partial charge in [0.1, 0.15) is 10.7 Å². The lowest BCUT2D eigenvalue weighted by atomic mass is 10.4. The van der Waals surface area contributed by atoms with Crippen molar-refractivity contribution < 1.29 is 4.79 Å². The summed E-state index contributed by atoms with van der Waals surface area (Å²) < 4.78 is 1.75. The van der Waals surface area contributed by atoms with Crippen molar-refractivity contribution in [3.63, 3.8) is 0 Å². The molecule has 0 saturated carbocycles. The largest absolute Gasteiger partial charge is 0.382 e. The van der Waals surface area contributed by atoms with Crippen LogP contribution in [0.3, 0.4) is 0 Å². The highest BCUT2D eigenvalue weighted by atomic mass is 32.1. The summed E-state index contributed by atoms with van der Waals surface area (Å²) in [6.45, 7) is 1.12. The van der Waals surface area contributed by atoms with Crippen molar-refractivity contribution in [2.75, 3.05) is 31.3 Å². The molecule has 8 heteroatoms. The second-order valence-corrected chi connectivity index (χ2v) is 5.11. The molecule has 0 spiro atoms.